The van der Waals surface area contributed by atoms with Gasteiger partial charge in [0, 0.05) is 153 Å². The van der Waals surface area contributed by atoms with Crippen molar-refractivity contribution in [3.05, 3.63) is 413 Å². The first-order chi connectivity index (χ1) is 51.4. The smallest absolute Gasteiger partial charge is 0.219 e. The number of nitrogens with zero attached hydrogens (tertiary/aromatic N) is 4. The first-order valence-electron chi connectivity index (χ1n) is 35.3. The summed E-state index contributed by atoms with van der Waals surface area (Å²) in [5.41, 5.74) is 44.4. The van der Waals surface area contributed by atoms with E-state index in [9.17, 15) is 0 Å². The number of aromatic nitrogens is 4. The molecule has 0 radical (unpaired) electrons. The summed E-state index contributed by atoms with van der Waals surface area (Å²) in [6, 6.07) is 148. The van der Waals surface area contributed by atoms with Crippen LogP contribution in [0.15, 0.2) is 413 Å². The molecule has 0 saturated heterocycles. The van der Waals surface area contributed by atoms with Gasteiger partial charge in [0.05, 0.1) is 0 Å². The summed E-state index contributed by atoms with van der Waals surface area (Å²) in [6.45, 7) is 0. The number of pyridine rings is 4. The predicted octanol–water partition coefficient (Wildman–Crippen LogP) is 22.0. The number of rotatable bonds is 16. The third kappa shape index (κ3) is 12.8. The van der Waals surface area contributed by atoms with E-state index in [1.807, 2.05) is 24.3 Å². The minimum absolute atomic E-state index is 0.724. The second kappa shape index (κ2) is 28.4. The maximum absolute atomic E-state index is 6.28. The molecule has 6 nitrogen and oxygen atoms in total. The van der Waals surface area contributed by atoms with Crippen molar-refractivity contribution in [1.29, 1.82) is 0 Å². The lowest BCUT2D eigenvalue weighted by atomic mass is 9.95. The van der Waals surface area contributed by atoms with Crippen LogP contribution in [0.4, 0.5) is 11.4 Å². The topological polar surface area (TPSA) is 67.6 Å². The highest BCUT2D eigenvalue weighted by atomic mass is 15.0. The van der Waals surface area contributed by atoms with E-state index >= 15 is 0 Å². The zero-order valence-electron chi connectivity index (χ0n) is 57.2. The lowest BCUT2D eigenvalue weighted by molar-refractivity contribution is -0.576. The number of benzene rings is 13. The van der Waals surface area contributed by atoms with Crippen molar-refractivity contribution in [3.63, 3.8) is 0 Å². The van der Waals surface area contributed by atoms with Crippen LogP contribution in [-0.4, -0.2) is 0 Å². The van der Waals surface area contributed by atoms with Gasteiger partial charge in [-0.3, -0.25) is 0 Å². The van der Waals surface area contributed by atoms with Crippen molar-refractivity contribution in [2.75, 3.05) is 11.5 Å². The highest BCUT2D eigenvalue weighted by Crippen LogP contribution is 2.38. The third-order valence-corrected chi connectivity index (χ3v) is 19.6. The summed E-state index contributed by atoms with van der Waals surface area (Å²) in [5.74, 6) is 0. The Morgan fingerprint density at radius 2 is 0.260 bits per heavy atom. The zero-order chi connectivity index (χ0) is 69.7. The molecule has 17 rings (SSSR count). The molecule has 0 fully saturated rings. The molecular formula is C98H72N6+4. The lowest BCUT2D eigenvalue weighted by Crippen LogP contribution is -2.38. The van der Waals surface area contributed by atoms with E-state index in [0.29, 0.717) is 0 Å². The molecule has 104 heavy (non-hydrogen) atoms. The van der Waals surface area contributed by atoms with Crippen LogP contribution in [-0.2, 0) is 0 Å². The molecule has 0 amide bonds. The molecule has 0 saturated carbocycles. The van der Waals surface area contributed by atoms with Gasteiger partial charge >= 0.3 is 0 Å². The Kier molecular flexibility index (Phi) is 17.3. The fraction of sp³-hybridized carbons (Fsp3) is 0. The van der Waals surface area contributed by atoms with Gasteiger partial charge in [0.15, 0.2) is 0 Å². The number of hydrogen-bond donors (Lipinski definition) is 2. The summed E-state index contributed by atoms with van der Waals surface area (Å²) < 4.78 is 9.54. The second-order valence-corrected chi connectivity index (χ2v) is 26.2. The Hall–Kier alpha value is -13.9. The van der Waals surface area contributed by atoms with Crippen LogP contribution in [0.25, 0.3) is 157 Å². The number of hydrogen-bond acceptors (Lipinski definition) is 2. The maximum atomic E-state index is 6.28. The van der Waals surface area contributed by atoms with Gasteiger partial charge in [0.2, 0.25) is 68.3 Å². The van der Waals surface area contributed by atoms with Crippen LogP contribution in [0.3, 0.4) is 0 Å². The molecule has 0 aliphatic carbocycles. The van der Waals surface area contributed by atoms with E-state index in [1.54, 1.807) is 0 Å². The van der Waals surface area contributed by atoms with Gasteiger partial charge in [-0.15, -0.1) is 0 Å². The summed E-state index contributed by atoms with van der Waals surface area (Å²) in [5, 5.41) is 0. The fourth-order valence-corrected chi connectivity index (χ4v) is 14.4. The Labute approximate surface area is 607 Å². The van der Waals surface area contributed by atoms with Crippen molar-refractivity contribution in [2.45, 2.75) is 0 Å². The Bertz CT molecular complexity index is 5260. The van der Waals surface area contributed by atoms with Gasteiger partial charge in [-0.05, 0) is 166 Å². The molecule has 4 aromatic heterocycles. The first-order valence-corrected chi connectivity index (χ1v) is 35.3. The first kappa shape index (κ1) is 63.5. The Morgan fingerprint density at radius 3 is 0.404 bits per heavy atom. The Balaban J connectivity index is 0.773. The molecule has 0 spiro atoms. The summed E-state index contributed by atoms with van der Waals surface area (Å²) >= 11 is 0. The normalized spacial score (nSPS) is 11.2. The molecule has 0 aliphatic rings. The van der Waals surface area contributed by atoms with Crippen LogP contribution in [0, 0.1) is 0 Å². The molecule has 6 heteroatoms. The van der Waals surface area contributed by atoms with Gasteiger partial charge < -0.3 is 11.5 Å². The number of anilines is 2. The quantitative estimate of drug-likeness (QED) is 0.0748. The van der Waals surface area contributed by atoms with Gasteiger partial charge in [-0.25, -0.2) is 0 Å². The minimum atomic E-state index is 0.724. The molecule has 13 aromatic carbocycles. The molecular weight excluding hydrogens is 1260 g/mol. The number of nitrogens with two attached hydrogens (primary N) is 2. The van der Waals surface area contributed by atoms with E-state index in [-0.39, 0.29) is 0 Å². The van der Waals surface area contributed by atoms with Crippen LogP contribution in [0.1, 0.15) is 0 Å². The summed E-state index contributed by atoms with van der Waals surface area (Å²) in [6.07, 6.45) is 0. The molecule has 4 heterocycles. The molecule has 490 valence electrons. The minimum Gasteiger partial charge on any atom is -0.399 e. The predicted molar refractivity (Wildman–Crippen MR) is 427 cm³/mol. The lowest BCUT2D eigenvalue weighted by Gasteiger charge is -2.15. The van der Waals surface area contributed by atoms with Gasteiger partial charge in [0.25, 0.3) is 0 Å². The highest BCUT2D eigenvalue weighted by molar-refractivity contribution is 5.82. The molecule has 0 atom stereocenters. The fourth-order valence-electron chi connectivity index (χ4n) is 14.4. The van der Waals surface area contributed by atoms with Crippen molar-refractivity contribution in [3.8, 4) is 157 Å². The average molecular weight is 1330 g/mol. The zero-order valence-corrected chi connectivity index (χ0v) is 57.2. The Morgan fingerprint density at radius 1 is 0.125 bits per heavy atom. The van der Waals surface area contributed by atoms with Crippen LogP contribution in [0.5, 0.6) is 0 Å². The van der Waals surface area contributed by atoms with E-state index in [4.69, 9.17) is 11.5 Å². The summed E-state index contributed by atoms with van der Waals surface area (Å²) in [4.78, 5) is 0. The average Bonchev–Trinajstić information content (AvgIpc) is 0.789. The van der Waals surface area contributed by atoms with Crippen LogP contribution in [0.2, 0.25) is 0 Å². The summed E-state index contributed by atoms with van der Waals surface area (Å²) in [7, 11) is 0. The maximum Gasteiger partial charge on any atom is 0.219 e. The molecule has 4 N–H and O–H groups in total. The van der Waals surface area contributed by atoms with Gasteiger partial charge in [-0.1, -0.05) is 194 Å². The second-order valence-electron chi connectivity index (χ2n) is 26.2. The largest absolute Gasteiger partial charge is 0.399 e. The van der Waals surface area contributed by atoms with Crippen molar-refractivity contribution < 1.29 is 18.3 Å². The third-order valence-electron chi connectivity index (χ3n) is 19.6. The van der Waals surface area contributed by atoms with Crippen molar-refractivity contribution in [1.82, 2.24) is 0 Å². The number of nitrogen functional groups attached to an aromatic ring is 2. The molecule has 17 aromatic rings. The van der Waals surface area contributed by atoms with Crippen molar-refractivity contribution in [2.24, 2.45) is 0 Å². The monoisotopic (exact) mass is 1330 g/mol. The molecule has 0 bridgehead atoms. The van der Waals surface area contributed by atoms with E-state index < -0.39 is 0 Å². The standard InChI is InChI=1S/C98H70N6/c99-85-49-53-87(54-50-85)101-91(73-25-9-1-10-26-73)61-81(62-92(101)74-27-11-2-12-28-74)69-41-45-71(46-42-69)83-65-95(77-33-17-5-18-34-77)103(96(66-83)78-35-19-6-20-36-78)89-57-59-90(60-58-89)104-97(79-37-21-7-22-38-79)67-84(68-98(104)80-39-23-8-24-40-80)72-47-43-70(44-48-72)82-63-93(75-29-13-3-14-30-75)102(88-55-51-86(100)52-56-88)94(64-82)76-31-15-4-16-32-76/h1-68,99-100H/q+2/p+2. The van der Waals surface area contributed by atoms with Crippen LogP contribution < -0.4 is 29.7 Å². The highest BCUT2D eigenvalue weighted by Gasteiger charge is 2.31. The molecule has 0 unspecified atom stereocenters. The SMILES string of the molecule is Nc1ccc(-[n+]2c(-c3ccccc3)cc(-c3ccc(-c4cc(-c5ccccc5)[n+](-c5ccc(-[n+]6c(-c7ccccc7)cc(-c7ccc(-c8cc(-c9ccccc9)[n+](-c9ccc(N)cc9)c(-c9ccccc9)c8)cc7)cc6-c6ccccc6)cc5)c(-c5ccccc5)c4)cc3)cc2-c2ccccc2)cc1. The van der Waals surface area contributed by atoms with Crippen molar-refractivity contribution >= 4 is 11.4 Å². The van der Waals surface area contributed by atoms with Gasteiger partial charge in [-0.2, -0.15) is 18.3 Å². The molecule has 0 aliphatic heterocycles. The van der Waals surface area contributed by atoms with Crippen LogP contribution >= 0.6 is 0 Å². The van der Waals surface area contributed by atoms with E-state index in [2.05, 4.69) is 407 Å². The van der Waals surface area contributed by atoms with Gasteiger partial charge in [0.1, 0.15) is 0 Å². The van der Waals surface area contributed by atoms with E-state index in [1.165, 1.54) is 0 Å². The van der Waals surface area contributed by atoms with E-state index in [0.717, 1.165) is 169 Å².